The molecule has 6 nitrogen and oxygen atoms in total. The van der Waals surface area contributed by atoms with Gasteiger partial charge < -0.3 is 10.2 Å². The number of halogens is 3. The quantitative estimate of drug-likeness (QED) is 0.536. The van der Waals surface area contributed by atoms with E-state index in [-0.39, 0.29) is 0 Å². The number of thiophene rings is 1. The molecule has 0 aliphatic carbocycles. The first-order chi connectivity index (χ1) is 15.6. The third kappa shape index (κ3) is 5.55. The number of fused-ring (bicyclic) bond motifs is 1. The molecule has 11 heteroatoms. The second-order valence-corrected chi connectivity index (χ2v) is 10.3. The third-order valence-electron chi connectivity index (χ3n) is 5.22. The van der Waals surface area contributed by atoms with E-state index in [4.69, 9.17) is 0 Å². The van der Waals surface area contributed by atoms with Crippen molar-refractivity contribution in [1.29, 1.82) is 0 Å². The molecule has 0 saturated carbocycles. The van der Waals surface area contributed by atoms with Gasteiger partial charge in [-0.25, -0.2) is 13.1 Å². The van der Waals surface area contributed by atoms with E-state index in [0.29, 0.717) is 11.8 Å². The fourth-order valence-corrected chi connectivity index (χ4v) is 5.43. The number of nitrogens with zero attached hydrogens (tertiary/aromatic N) is 1. The SMILES string of the molecule is O=C(CNS(=O)(=O)c1cccc(C(F)(F)F)c1)Nc1ccc(N2CCc3sccc3C2)cc1. The predicted molar refractivity (Wildman–Crippen MR) is 121 cm³/mol. The molecule has 0 unspecified atom stereocenters. The Morgan fingerprint density at radius 2 is 1.85 bits per heavy atom. The van der Waals surface area contributed by atoms with E-state index in [2.05, 4.69) is 21.7 Å². The summed E-state index contributed by atoms with van der Waals surface area (Å²) in [7, 11) is -4.29. The van der Waals surface area contributed by atoms with Crippen LogP contribution in [-0.2, 0) is 34.0 Å². The maximum Gasteiger partial charge on any atom is 0.416 e. The van der Waals surface area contributed by atoms with Crippen LogP contribution in [0.2, 0.25) is 0 Å². The van der Waals surface area contributed by atoms with Crippen molar-refractivity contribution in [3.63, 3.8) is 0 Å². The fraction of sp³-hybridized carbons (Fsp3) is 0.227. The van der Waals surface area contributed by atoms with Gasteiger partial charge in [-0.15, -0.1) is 11.3 Å². The van der Waals surface area contributed by atoms with Crippen molar-refractivity contribution in [2.45, 2.75) is 24.0 Å². The van der Waals surface area contributed by atoms with E-state index >= 15 is 0 Å². The molecule has 33 heavy (non-hydrogen) atoms. The predicted octanol–water partition coefficient (Wildman–Crippen LogP) is 4.25. The minimum atomic E-state index is -4.67. The molecule has 1 amide bonds. The maximum atomic E-state index is 12.8. The second-order valence-electron chi connectivity index (χ2n) is 7.49. The van der Waals surface area contributed by atoms with Gasteiger partial charge in [-0.05, 0) is 65.9 Å². The topological polar surface area (TPSA) is 78.5 Å². The lowest BCUT2D eigenvalue weighted by Gasteiger charge is -2.29. The van der Waals surface area contributed by atoms with Crippen molar-refractivity contribution in [3.8, 4) is 0 Å². The van der Waals surface area contributed by atoms with Gasteiger partial charge in [0, 0.05) is 29.3 Å². The zero-order valence-electron chi connectivity index (χ0n) is 17.2. The Balaban J connectivity index is 1.34. The number of rotatable bonds is 6. The molecule has 1 aliphatic heterocycles. The summed E-state index contributed by atoms with van der Waals surface area (Å²) < 4.78 is 65.1. The molecule has 0 spiro atoms. The Kier molecular flexibility index (Phi) is 6.46. The van der Waals surface area contributed by atoms with Crippen molar-refractivity contribution in [3.05, 3.63) is 76.0 Å². The summed E-state index contributed by atoms with van der Waals surface area (Å²) >= 11 is 1.77. The summed E-state index contributed by atoms with van der Waals surface area (Å²) in [4.78, 5) is 15.3. The van der Waals surface area contributed by atoms with Crippen LogP contribution in [-0.4, -0.2) is 27.4 Å². The van der Waals surface area contributed by atoms with Gasteiger partial charge in [-0.2, -0.15) is 13.2 Å². The molecule has 0 radical (unpaired) electrons. The maximum absolute atomic E-state index is 12.8. The molecular weight excluding hydrogens is 475 g/mol. The Morgan fingerprint density at radius 1 is 1.09 bits per heavy atom. The van der Waals surface area contributed by atoms with E-state index in [1.807, 2.05) is 16.9 Å². The largest absolute Gasteiger partial charge is 0.416 e. The van der Waals surface area contributed by atoms with E-state index in [1.54, 1.807) is 23.5 Å². The van der Waals surface area contributed by atoms with Crippen LogP contribution in [0.4, 0.5) is 24.5 Å². The fourth-order valence-electron chi connectivity index (χ4n) is 3.51. The number of alkyl halides is 3. The smallest absolute Gasteiger partial charge is 0.367 e. The van der Waals surface area contributed by atoms with Gasteiger partial charge in [0.2, 0.25) is 15.9 Å². The van der Waals surface area contributed by atoms with Gasteiger partial charge in [0.1, 0.15) is 0 Å². The zero-order chi connectivity index (χ0) is 23.6. The van der Waals surface area contributed by atoms with Crippen LogP contribution in [0.15, 0.2) is 64.9 Å². The molecule has 0 saturated heterocycles. The number of amides is 1. The van der Waals surface area contributed by atoms with Gasteiger partial charge in [0.15, 0.2) is 0 Å². The number of carbonyl (C=O) groups excluding carboxylic acids is 1. The Morgan fingerprint density at radius 3 is 2.58 bits per heavy atom. The number of nitrogens with one attached hydrogen (secondary N) is 2. The molecule has 2 aromatic carbocycles. The van der Waals surface area contributed by atoms with Crippen LogP contribution < -0.4 is 14.9 Å². The normalized spacial score (nSPS) is 14.1. The lowest BCUT2D eigenvalue weighted by Crippen LogP contribution is -2.33. The van der Waals surface area contributed by atoms with Crippen LogP contribution in [0.5, 0.6) is 0 Å². The molecule has 3 aromatic rings. The van der Waals surface area contributed by atoms with Gasteiger partial charge in [-0.3, -0.25) is 4.79 Å². The first-order valence-electron chi connectivity index (χ1n) is 9.99. The minimum absolute atomic E-state index is 0.482. The molecular formula is C22H20F3N3O3S2. The highest BCUT2D eigenvalue weighted by atomic mass is 32.2. The highest BCUT2D eigenvalue weighted by molar-refractivity contribution is 7.89. The van der Waals surface area contributed by atoms with Crippen molar-refractivity contribution in [1.82, 2.24) is 4.72 Å². The van der Waals surface area contributed by atoms with Gasteiger partial charge in [0.25, 0.3) is 0 Å². The first kappa shape index (κ1) is 23.3. The van der Waals surface area contributed by atoms with E-state index < -0.39 is 39.1 Å². The molecule has 1 aliphatic rings. The molecule has 0 bridgehead atoms. The third-order valence-corrected chi connectivity index (χ3v) is 7.64. The van der Waals surface area contributed by atoms with Crippen LogP contribution in [0.3, 0.4) is 0 Å². The molecule has 2 N–H and O–H groups in total. The standard InChI is InChI=1S/C22H20F3N3O3S2/c23-22(24,25)16-2-1-3-19(12-16)33(30,31)26-13-21(29)27-17-4-6-18(7-5-17)28-10-8-20-15(14-28)9-11-32-20/h1-7,9,11-12,26H,8,10,13-14H2,(H,27,29). The van der Waals surface area contributed by atoms with Crippen molar-refractivity contribution in [2.75, 3.05) is 23.3 Å². The number of hydrogen-bond donors (Lipinski definition) is 2. The minimum Gasteiger partial charge on any atom is -0.367 e. The summed E-state index contributed by atoms with van der Waals surface area (Å²) in [5.74, 6) is -0.640. The highest BCUT2D eigenvalue weighted by Gasteiger charge is 2.31. The number of benzene rings is 2. The van der Waals surface area contributed by atoms with E-state index in [9.17, 15) is 26.4 Å². The van der Waals surface area contributed by atoms with Crippen molar-refractivity contribution in [2.24, 2.45) is 0 Å². The summed E-state index contributed by atoms with van der Waals surface area (Å²) in [6.45, 7) is 1.10. The molecule has 0 atom stereocenters. The Bertz CT molecular complexity index is 1260. The second kappa shape index (κ2) is 9.16. The number of hydrogen-bond acceptors (Lipinski definition) is 5. The van der Waals surface area contributed by atoms with E-state index in [1.165, 1.54) is 10.4 Å². The van der Waals surface area contributed by atoms with Crippen LogP contribution in [0.25, 0.3) is 0 Å². The van der Waals surface area contributed by atoms with Crippen LogP contribution in [0.1, 0.15) is 16.0 Å². The van der Waals surface area contributed by atoms with Gasteiger partial charge >= 0.3 is 6.18 Å². The molecule has 2 heterocycles. The molecule has 0 fully saturated rings. The summed E-state index contributed by atoms with van der Waals surface area (Å²) in [6.07, 6.45) is -3.69. The number of anilines is 2. The van der Waals surface area contributed by atoms with E-state index in [0.717, 1.165) is 43.4 Å². The molecule has 4 rings (SSSR count). The lowest BCUT2D eigenvalue weighted by atomic mass is 10.1. The molecule has 174 valence electrons. The first-order valence-corrected chi connectivity index (χ1v) is 12.4. The summed E-state index contributed by atoms with van der Waals surface area (Å²) in [6, 6.07) is 12.7. The van der Waals surface area contributed by atoms with Crippen LogP contribution >= 0.6 is 11.3 Å². The Hall–Kier alpha value is -2.89. The van der Waals surface area contributed by atoms with Crippen molar-refractivity contribution >= 4 is 38.6 Å². The number of carbonyl (C=O) groups is 1. The Labute approximate surface area is 193 Å². The van der Waals surface area contributed by atoms with Crippen molar-refractivity contribution < 1.29 is 26.4 Å². The average Bonchev–Trinajstić information content (AvgIpc) is 3.26. The zero-order valence-corrected chi connectivity index (χ0v) is 18.9. The summed E-state index contributed by atoms with van der Waals surface area (Å²) in [5, 5.41) is 4.67. The lowest BCUT2D eigenvalue weighted by molar-refractivity contribution is -0.137. The van der Waals surface area contributed by atoms with Gasteiger partial charge in [-0.1, -0.05) is 6.07 Å². The average molecular weight is 496 g/mol. The molecule has 1 aromatic heterocycles. The monoisotopic (exact) mass is 495 g/mol. The van der Waals surface area contributed by atoms with Gasteiger partial charge in [0.05, 0.1) is 17.0 Å². The number of sulfonamides is 1. The summed E-state index contributed by atoms with van der Waals surface area (Å²) in [5.41, 5.74) is 1.72. The van der Waals surface area contributed by atoms with Crippen LogP contribution in [0, 0.1) is 0 Å². The highest BCUT2D eigenvalue weighted by Crippen LogP contribution is 2.31.